The third-order valence-corrected chi connectivity index (χ3v) is 3.71. The predicted octanol–water partition coefficient (Wildman–Crippen LogP) is 3.59. The molecule has 0 bridgehead atoms. The first-order chi connectivity index (χ1) is 6.43. The van der Waals surface area contributed by atoms with Gasteiger partial charge < -0.3 is 5.32 Å². The molecule has 0 saturated heterocycles. The third-order valence-electron chi connectivity index (χ3n) is 3.71. The molecule has 14 heavy (non-hydrogen) atoms. The van der Waals surface area contributed by atoms with Gasteiger partial charge in [-0.05, 0) is 44.9 Å². The Kier molecular flexibility index (Phi) is 3.63. The summed E-state index contributed by atoms with van der Waals surface area (Å²) >= 11 is 0. The van der Waals surface area contributed by atoms with Crippen molar-refractivity contribution in [3.05, 3.63) is 0 Å². The number of hydrogen-bond acceptors (Lipinski definition) is 1. The van der Waals surface area contributed by atoms with Gasteiger partial charge in [0.2, 0.25) is 0 Å². The molecule has 1 saturated carbocycles. The predicted molar refractivity (Wildman–Crippen MR) is 63.5 cm³/mol. The zero-order chi connectivity index (χ0) is 10.8. The topological polar surface area (TPSA) is 12.0 Å². The number of nitrogens with one attached hydrogen (secondary N) is 1. The molecule has 1 aliphatic rings. The van der Waals surface area contributed by atoms with Crippen molar-refractivity contribution >= 4 is 0 Å². The van der Waals surface area contributed by atoms with Crippen molar-refractivity contribution in [1.29, 1.82) is 0 Å². The Bertz CT molecular complexity index is 170. The highest BCUT2D eigenvalue weighted by Crippen LogP contribution is 2.53. The highest BCUT2D eigenvalue weighted by Gasteiger charge is 2.47. The van der Waals surface area contributed by atoms with Crippen LogP contribution < -0.4 is 5.32 Å². The summed E-state index contributed by atoms with van der Waals surface area (Å²) in [4.78, 5) is 0. The van der Waals surface area contributed by atoms with Crippen LogP contribution in [0.3, 0.4) is 0 Å². The fourth-order valence-electron chi connectivity index (χ4n) is 2.49. The standard InChI is InChI=1S/C13H27N/c1-6-11(7-2)13(8-9-13)10-14-12(3,4)5/h11,14H,6-10H2,1-5H3. The van der Waals surface area contributed by atoms with Crippen molar-refractivity contribution in [3.63, 3.8) is 0 Å². The van der Waals surface area contributed by atoms with Gasteiger partial charge in [-0.3, -0.25) is 0 Å². The van der Waals surface area contributed by atoms with Crippen molar-refractivity contribution in [1.82, 2.24) is 5.32 Å². The van der Waals surface area contributed by atoms with Crippen LogP contribution in [-0.2, 0) is 0 Å². The molecule has 0 aromatic rings. The molecule has 0 radical (unpaired) electrons. The summed E-state index contributed by atoms with van der Waals surface area (Å²) in [6.07, 6.45) is 5.59. The summed E-state index contributed by atoms with van der Waals surface area (Å²) in [5.74, 6) is 0.942. The lowest BCUT2D eigenvalue weighted by atomic mass is 9.84. The molecule has 0 aromatic carbocycles. The van der Waals surface area contributed by atoms with Gasteiger partial charge in [-0.2, -0.15) is 0 Å². The molecule has 1 aliphatic carbocycles. The van der Waals surface area contributed by atoms with E-state index in [1.807, 2.05) is 0 Å². The molecule has 0 aliphatic heterocycles. The molecule has 84 valence electrons. The van der Waals surface area contributed by atoms with Gasteiger partial charge in [0.15, 0.2) is 0 Å². The summed E-state index contributed by atoms with van der Waals surface area (Å²) < 4.78 is 0. The van der Waals surface area contributed by atoms with Crippen LogP contribution in [0, 0.1) is 11.3 Å². The maximum absolute atomic E-state index is 3.67. The van der Waals surface area contributed by atoms with Crippen LogP contribution in [0.1, 0.15) is 60.3 Å². The van der Waals surface area contributed by atoms with Crippen LogP contribution in [0.15, 0.2) is 0 Å². The fourth-order valence-corrected chi connectivity index (χ4v) is 2.49. The van der Waals surface area contributed by atoms with Crippen LogP contribution in [0.2, 0.25) is 0 Å². The Morgan fingerprint density at radius 2 is 1.64 bits per heavy atom. The SMILES string of the molecule is CCC(CC)C1(CNC(C)(C)C)CC1. The Hall–Kier alpha value is -0.0400. The summed E-state index contributed by atoms with van der Waals surface area (Å²) in [5, 5.41) is 3.67. The lowest BCUT2D eigenvalue weighted by Gasteiger charge is -2.30. The van der Waals surface area contributed by atoms with Crippen molar-refractivity contribution in [2.24, 2.45) is 11.3 Å². The van der Waals surface area contributed by atoms with E-state index in [1.54, 1.807) is 0 Å². The molecular formula is C13H27N. The highest BCUT2D eigenvalue weighted by atomic mass is 15.0. The minimum Gasteiger partial charge on any atom is -0.312 e. The van der Waals surface area contributed by atoms with Gasteiger partial charge >= 0.3 is 0 Å². The van der Waals surface area contributed by atoms with E-state index in [4.69, 9.17) is 0 Å². The summed E-state index contributed by atoms with van der Waals surface area (Å²) in [7, 11) is 0. The summed E-state index contributed by atoms with van der Waals surface area (Å²) in [6, 6.07) is 0. The molecule has 1 rings (SSSR count). The summed E-state index contributed by atoms with van der Waals surface area (Å²) in [6.45, 7) is 12.7. The van der Waals surface area contributed by atoms with Crippen molar-refractivity contribution in [2.45, 2.75) is 65.8 Å². The molecule has 0 aromatic heterocycles. The van der Waals surface area contributed by atoms with Crippen molar-refractivity contribution < 1.29 is 0 Å². The van der Waals surface area contributed by atoms with Gasteiger partial charge in [0.25, 0.3) is 0 Å². The molecule has 0 atom stereocenters. The average Bonchev–Trinajstić information content (AvgIpc) is 2.84. The molecule has 0 spiro atoms. The minimum atomic E-state index is 0.279. The van der Waals surface area contributed by atoms with Crippen LogP contribution in [0.25, 0.3) is 0 Å². The smallest absolute Gasteiger partial charge is 0.00967 e. The minimum absolute atomic E-state index is 0.279. The van der Waals surface area contributed by atoms with Crippen molar-refractivity contribution in [3.8, 4) is 0 Å². The molecular weight excluding hydrogens is 170 g/mol. The van der Waals surface area contributed by atoms with E-state index in [0.29, 0.717) is 5.41 Å². The lowest BCUT2D eigenvalue weighted by molar-refractivity contribution is 0.250. The van der Waals surface area contributed by atoms with Gasteiger partial charge in [-0.15, -0.1) is 0 Å². The first kappa shape index (κ1) is 12.0. The highest BCUT2D eigenvalue weighted by molar-refractivity contribution is 5.00. The second kappa shape index (κ2) is 4.22. The molecule has 1 N–H and O–H groups in total. The normalized spacial score (nSPS) is 20.1. The third kappa shape index (κ3) is 2.98. The van der Waals surface area contributed by atoms with Crippen LogP contribution in [0.4, 0.5) is 0 Å². The molecule has 0 amide bonds. The quantitative estimate of drug-likeness (QED) is 0.710. The van der Waals surface area contributed by atoms with E-state index in [9.17, 15) is 0 Å². The average molecular weight is 197 g/mol. The second-order valence-corrected chi connectivity index (χ2v) is 5.98. The van der Waals surface area contributed by atoms with Gasteiger partial charge in [0.05, 0.1) is 0 Å². The Morgan fingerprint density at radius 1 is 1.14 bits per heavy atom. The van der Waals surface area contributed by atoms with Crippen molar-refractivity contribution in [2.75, 3.05) is 6.54 Å². The molecule has 1 heteroatoms. The molecule has 0 heterocycles. The molecule has 1 nitrogen and oxygen atoms in total. The van der Waals surface area contributed by atoms with Gasteiger partial charge in [0, 0.05) is 12.1 Å². The Labute approximate surface area is 89.7 Å². The van der Waals surface area contributed by atoms with Gasteiger partial charge in [0.1, 0.15) is 0 Å². The van der Waals surface area contributed by atoms with E-state index in [2.05, 4.69) is 39.9 Å². The second-order valence-electron chi connectivity index (χ2n) is 5.98. The summed E-state index contributed by atoms with van der Waals surface area (Å²) in [5.41, 5.74) is 0.943. The van der Waals surface area contributed by atoms with Gasteiger partial charge in [-0.25, -0.2) is 0 Å². The number of rotatable bonds is 5. The van der Waals surface area contributed by atoms with E-state index >= 15 is 0 Å². The first-order valence-electron chi connectivity index (χ1n) is 6.18. The first-order valence-corrected chi connectivity index (χ1v) is 6.18. The zero-order valence-corrected chi connectivity index (χ0v) is 10.6. The zero-order valence-electron chi connectivity index (χ0n) is 10.6. The maximum Gasteiger partial charge on any atom is 0.00967 e. The van der Waals surface area contributed by atoms with E-state index < -0.39 is 0 Å². The lowest BCUT2D eigenvalue weighted by Crippen LogP contribution is -2.41. The van der Waals surface area contributed by atoms with Gasteiger partial charge in [-0.1, -0.05) is 26.7 Å². The number of hydrogen-bond donors (Lipinski definition) is 1. The maximum atomic E-state index is 3.67. The monoisotopic (exact) mass is 197 g/mol. The van der Waals surface area contributed by atoms with Crippen LogP contribution in [0.5, 0.6) is 0 Å². The molecule has 0 unspecified atom stereocenters. The van der Waals surface area contributed by atoms with Crippen LogP contribution >= 0.6 is 0 Å². The van der Waals surface area contributed by atoms with E-state index in [1.165, 1.54) is 32.2 Å². The van der Waals surface area contributed by atoms with E-state index in [-0.39, 0.29) is 5.54 Å². The Morgan fingerprint density at radius 3 is 1.93 bits per heavy atom. The molecule has 1 fully saturated rings. The van der Waals surface area contributed by atoms with Crippen LogP contribution in [-0.4, -0.2) is 12.1 Å². The fraction of sp³-hybridized carbons (Fsp3) is 1.00. The van der Waals surface area contributed by atoms with E-state index in [0.717, 1.165) is 5.92 Å². The largest absolute Gasteiger partial charge is 0.312 e. The Balaban J connectivity index is 2.42.